The van der Waals surface area contributed by atoms with Crippen LogP contribution in [0.5, 0.6) is 0 Å². The summed E-state index contributed by atoms with van der Waals surface area (Å²) < 4.78 is 61.3. The standard InChI is InChI=1S/C91H154O16P2/c1-4-7-10-13-16-19-22-25-28-30-32-34-36-38-40-41-42-43-45-47-48-50-52-54-57-59-62-65-68-71-74-77-89(94)101-80-86(92)81-103-108(97,98)104-82-87(93)83-105-109(99,100)106-85-88(107-91(96)79-76-73-70-67-64-61-56-27-24-21-18-15-12-9-6-3)84-102-90(95)78-75-72-69-66-63-60-58-55-53-51-49-46-44-39-37-35-33-31-29-26-23-20-17-14-11-8-5-2/h7,9-10,12,16-21,25-29,32-35,38-40,42-44,56,86-88,92-93H,4-6,8,11,13-15,22-24,30-31,36-37,41,45-55,57-85H2,1-3H3,(H,97,98)(H,99,100)/b10-7-,12-9-,19-16-,20-17-,21-18-,28-25-,29-26-,34-32-,35-33-,40-38-,43-42-,44-39-,56-27-. The highest BCUT2D eigenvalue weighted by molar-refractivity contribution is 7.47. The minimum absolute atomic E-state index is 0.0813. The van der Waals surface area contributed by atoms with E-state index in [2.05, 4.69) is 179 Å². The molecule has 0 aliphatic heterocycles. The Labute approximate surface area is 663 Å². The van der Waals surface area contributed by atoms with Gasteiger partial charge in [0.1, 0.15) is 25.4 Å². The first kappa shape index (κ1) is 104. The molecule has 0 amide bonds. The lowest BCUT2D eigenvalue weighted by Gasteiger charge is -2.21. The smallest absolute Gasteiger partial charge is 0.463 e. The first-order valence-electron chi connectivity index (χ1n) is 42.8. The highest BCUT2D eigenvalue weighted by Crippen LogP contribution is 2.45. The maximum absolute atomic E-state index is 13.0. The third-order valence-corrected chi connectivity index (χ3v) is 19.6. The van der Waals surface area contributed by atoms with E-state index in [1.165, 1.54) is 116 Å². The topological polar surface area (TPSA) is 231 Å². The second kappa shape index (κ2) is 82.6. The van der Waals surface area contributed by atoms with Crippen molar-refractivity contribution in [1.82, 2.24) is 0 Å². The zero-order valence-electron chi connectivity index (χ0n) is 68.4. The number of rotatable bonds is 80. The molecule has 0 aromatic carbocycles. The molecular formula is C91H154O16P2. The fraction of sp³-hybridized carbons (Fsp3) is 0.681. The van der Waals surface area contributed by atoms with Gasteiger partial charge in [-0.05, 0) is 148 Å². The van der Waals surface area contributed by atoms with Gasteiger partial charge in [-0.1, -0.05) is 333 Å². The lowest BCUT2D eigenvalue weighted by atomic mass is 10.0. The molecule has 5 unspecified atom stereocenters. The van der Waals surface area contributed by atoms with Gasteiger partial charge in [0.15, 0.2) is 6.10 Å². The Hall–Kier alpha value is -4.83. The number of ether oxygens (including phenoxy) is 3. The van der Waals surface area contributed by atoms with Crippen LogP contribution < -0.4 is 0 Å². The molecule has 0 aliphatic rings. The van der Waals surface area contributed by atoms with E-state index in [9.17, 15) is 43.5 Å². The summed E-state index contributed by atoms with van der Waals surface area (Å²) in [5, 5.41) is 20.7. The van der Waals surface area contributed by atoms with Gasteiger partial charge >= 0.3 is 33.6 Å². The Morgan fingerprint density at radius 1 is 0.266 bits per heavy atom. The van der Waals surface area contributed by atoms with E-state index in [0.717, 1.165) is 167 Å². The summed E-state index contributed by atoms with van der Waals surface area (Å²) in [6, 6.07) is 0. The van der Waals surface area contributed by atoms with Crippen molar-refractivity contribution in [1.29, 1.82) is 0 Å². The van der Waals surface area contributed by atoms with E-state index in [0.29, 0.717) is 19.3 Å². The highest BCUT2D eigenvalue weighted by Gasteiger charge is 2.29. The van der Waals surface area contributed by atoms with Crippen LogP contribution in [0.2, 0.25) is 0 Å². The van der Waals surface area contributed by atoms with E-state index in [1.54, 1.807) is 0 Å². The number of phosphoric acid groups is 2. The second-order valence-corrected chi connectivity index (χ2v) is 31.1. The minimum Gasteiger partial charge on any atom is -0.463 e. The Kier molecular flexibility index (Phi) is 79.0. The Morgan fingerprint density at radius 3 is 0.771 bits per heavy atom. The molecule has 0 aromatic rings. The van der Waals surface area contributed by atoms with Gasteiger partial charge in [-0.3, -0.25) is 32.5 Å². The van der Waals surface area contributed by atoms with Crippen molar-refractivity contribution in [2.45, 2.75) is 360 Å². The van der Waals surface area contributed by atoms with E-state index in [4.69, 9.17) is 32.3 Å². The van der Waals surface area contributed by atoms with Crippen LogP contribution in [-0.2, 0) is 55.8 Å². The monoisotopic (exact) mass is 1570 g/mol. The molecule has 0 saturated carbocycles. The van der Waals surface area contributed by atoms with Crippen molar-refractivity contribution >= 4 is 33.6 Å². The summed E-state index contributed by atoms with van der Waals surface area (Å²) in [6.07, 6.45) is 104. The van der Waals surface area contributed by atoms with Gasteiger partial charge in [-0.25, -0.2) is 9.13 Å². The van der Waals surface area contributed by atoms with Crippen LogP contribution in [0, 0.1) is 0 Å². The third kappa shape index (κ3) is 83.9. The molecule has 4 N–H and O–H groups in total. The van der Waals surface area contributed by atoms with Crippen LogP contribution >= 0.6 is 15.6 Å². The molecule has 0 aliphatic carbocycles. The number of aliphatic hydroxyl groups is 2. The van der Waals surface area contributed by atoms with Gasteiger partial charge in [0.05, 0.1) is 26.4 Å². The summed E-state index contributed by atoms with van der Waals surface area (Å²) in [7, 11) is -9.81. The lowest BCUT2D eigenvalue weighted by molar-refractivity contribution is -0.161. The molecule has 5 atom stereocenters. The Balaban J connectivity index is 4.52. The molecule has 0 heterocycles. The van der Waals surface area contributed by atoms with Crippen LogP contribution in [0.25, 0.3) is 0 Å². The van der Waals surface area contributed by atoms with Gasteiger partial charge in [-0.15, -0.1) is 0 Å². The second-order valence-electron chi connectivity index (χ2n) is 28.2. The molecule has 0 bridgehead atoms. The zero-order chi connectivity index (χ0) is 79.4. The number of unbranched alkanes of at least 4 members (excludes halogenated alkanes) is 31. The van der Waals surface area contributed by atoms with Crippen LogP contribution in [0.3, 0.4) is 0 Å². The molecule has 18 heteroatoms. The number of esters is 3. The van der Waals surface area contributed by atoms with Crippen molar-refractivity contribution in [2.24, 2.45) is 0 Å². The van der Waals surface area contributed by atoms with Gasteiger partial charge in [0.2, 0.25) is 0 Å². The molecule has 0 rings (SSSR count). The Morgan fingerprint density at radius 2 is 0.486 bits per heavy atom. The lowest BCUT2D eigenvalue weighted by Crippen LogP contribution is -2.30. The average Bonchev–Trinajstić information content (AvgIpc) is 0.940. The molecule has 0 aromatic heterocycles. The van der Waals surface area contributed by atoms with E-state index >= 15 is 0 Å². The molecule has 624 valence electrons. The number of carbonyl (C=O) groups excluding carboxylic acids is 3. The highest BCUT2D eigenvalue weighted by atomic mass is 31.2. The number of phosphoric ester groups is 2. The van der Waals surface area contributed by atoms with E-state index < -0.39 is 91.5 Å². The molecule has 0 radical (unpaired) electrons. The molecule has 0 spiro atoms. The average molecular weight is 1570 g/mol. The maximum atomic E-state index is 13.0. The summed E-state index contributed by atoms with van der Waals surface area (Å²) >= 11 is 0. The first-order valence-corrected chi connectivity index (χ1v) is 45.8. The number of hydrogen-bond acceptors (Lipinski definition) is 14. The summed E-state index contributed by atoms with van der Waals surface area (Å²) in [5.41, 5.74) is 0. The quantitative estimate of drug-likeness (QED) is 0.0146. The summed E-state index contributed by atoms with van der Waals surface area (Å²) in [4.78, 5) is 58.8. The summed E-state index contributed by atoms with van der Waals surface area (Å²) in [5.74, 6) is -1.60. The van der Waals surface area contributed by atoms with Crippen LogP contribution in [0.4, 0.5) is 0 Å². The third-order valence-electron chi connectivity index (χ3n) is 17.7. The summed E-state index contributed by atoms with van der Waals surface area (Å²) in [6.45, 7) is 2.42. The SMILES string of the molecule is CC/C=C\C/C=C\C/C=C\C/C=C\C/C=C\C/C=C\CCCCCCCCCCCCCCC(=O)OCC(O)COP(=O)(O)OCC(O)COP(=O)(O)OCC(COC(=O)CCCCCCCCCCCCC/C=C\C/C=C\C/C=C\C/C=C\CCCCC)OC(=O)CCCCCCC/C=C\C/C=C\C/C=C\CC. The first-order chi connectivity index (χ1) is 53.2. The van der Waals surface area contributed by atoms with Gasteiger partial charge in [-0.2, -0.15) is 0 Å². The predicted octanol–water partition coefficient (Wildman–Crippen LogP) is 25.8. The van der Waals surface area contributed by atoms with E-state index in [-0.39, 0.29) is 19.3 Å². The van der Waals surface area contributed by atoms with Crippen molar-refractivity contribution < 1.29 is 75.8 Å². The predicted molar refractivity (Wildman–Crippen MR) is 454 cm³/mol. The van der Waals surface area contributed by atoms with Crippen molar-refractivity contribution in [2.75, 3.05) is 39.6 Å². The maximum Gasteiger partial charge on any atom is 0.472 e. The van der Waals surface area contributed by atoms with Gasteiger partial charge in [0, 0.05) is 19.3 Å². The molecule has 16 nitrogen and oxygen atoms in total. The van der Waals surface area contributed by atoms with E-state index in [1.807, 2.05) is 0 Å². The van der Waals surface area contributed by atoms with Crippen molar-refractivity contribution in [3.8, 4) is 0 Å². The molecule has 0 saturated heterocycles. The number of carbonyl (C=O) groups is 3. The van der Waals surface area contributed by atoms with Crippen LogP contribution in [0.15, 0.2) is 158 Å². The van der Waals surface area contributed by atoms with Gasteiger partial charge in [0.25, 0.3) is 0 Å². The number of allylic oxidation sites excluding steroid dienone is 26. The minimum atomic E-state index is -4.94. The van der Waals surface area contributed by atoms with Gasteiger partial charge < -0.3 is 34.2 Å². The normalized spacial score (nSPS) is 14.7. The van der Waals surface area contributed by atoms with Crippen molar-refractivity contribution in [3.05, 3.63) is 158 Å². The fourth-order valence-corrected chi connectivity index (χ4v) is 12.9. The molecule has 0 fully saturated rings. The van der Waals surface area contributed by atoms with Crippen LogP contribution in [-0.4, -0.2) is 95.9 Å². The number of hydrogen-bond donors (Lipinski definition) is 4. The number of aliphatic hydroxyl groups excluding tert-OH is 2. The zero-order valence-corrected chi connectivity index (χ0v) is 70.2. The molecule has 109 heavy (non-hydrogen) atoms. The largest absolute Gasteiger partial charge is 0.472 e. The Bertz CT molecular complexity index is 2610. The fourth-order valence-electron chi connectivity index (χ4n) is 11.3. The van der Waals surface area contributed by atoms with Crippen LogP contribution in [0.1, 0.15) is 342 Å². The van der Waals surface area contributed by atoms with Crippen molar-refractivity contribution in [3.63, 3.8) is 0 Å². The molecular weight excluding hydrogens is 1410 g/mol.